The van der Waals surface area contributed by atoms with Gasteiger partial charge in [-0.2, -0.15) is 0 Å². The van der Waals surface area contributed by atoms with Crippen molar-refractivity contribution in [1.82, 2.24) is 4.98 Å². The van der Waals surface area contributed by atoms with Gasteiger partial charge in [0, 0.05) is 23.9 Å². The molecule has 0 fully saturated rings. The van der Waals surface area contributed by atoms with Gasteiger partial charge in [0.05, 0.1) is 6.20 Å². The smallest absolute Gasteiger partial charge is 0.221 e. The molecule has 1 amide bonds. The van der Waals surface area contributed by atoms with Crippen molar-refractivity contribution in [2.75, 3.05) is 10.6 Å². The van der Waals surface area contributed by atoms with Gasteiger partial charge in [0.25, 0.3) is 0 Å². The van der Waals surface area contributed by atoms with Crippen LogP contribution in [0.1, 0.15) is 31.3 Å². The summed E-state index contributed by atoms with van der Waals surface area (Å²) in [7, 11) is 0. The summed E-state index contributed by atoms with van der Waals surface area (Å²) in [5.41, 5.74) is 3.75. The lowest BCUT2D eigenvalue weighted by molar-refractivity contribution is -0.114. The Balaban J connectivity index is 1.72. The van der Waals surface area contributed by atoms with Gasteiger partial charge in [0.2, 0.25) is 11.8 Å². The van der Waals surface area contributed by atoms with E-state index in [4.69, 9.17) is 4.42 Å². The molecule has 5 nitrogen and oxygen atoms in total. The second kappa shape index (κ2) is 7.21. The van der Waals surface area contributed by atoms with E-state index in [1.807, 2.05) is 62.4 Å². The fourth-order valence-electron chi connectivity index (χ4n) is 2.62. The van der Waals surface area contributed by atoms with Crippen LogP contribution in [0.2, 0.25) is 0 Å². The van der Waals surface area contributed by atoms with Crippen LogP contribution in [-0.4, -0.2) is 10.9 Å². The number of aromatic nitrogens is 1. The number of amides is 1. The quantitative estimate of drug-likeness (QED) is 0.704. The number of hydrogen-bond acceptors (Lipinski definition) is 4. The minimum absolute atomic E-state index is 0.0783. The first-order valence-electron chi connectivity index (χ1n) is 8.19. The topological polar surface area (TPSA) is 67.2 Å². The molecule has 0 aliphatic carbocycles. The van der Waals surface area contributed by atoms with Gasteiger partial charge in [-0.15, -0.1) is 0 Å². The third kappa shape index (κ3) is 4.07. The molecule has 3 aromatic rings. The highest BCUT2D eigenvalue weighted by Crippen LogP contribution is 2.26. The molecule has 25 heavy (non-hydrogen) atoms. The van der Waals surface area contributed by atoms with Crippen LogP contribution in [0.15, 0.2) is 59.1 Å². The highest BCUT2D eigenvalue weighted by molar-refractivity contribution is 5.89. The molecule has 0 spiro atoms. The molecule has 1 unspecified atom stereocenters. The Morgan fingerprint density at radius 2 is 1.92 bits per heavy atom. The molecular formula is C20H21N3O2. The van der Waals surface area contributed by atoms with Crippen molar-refractivity contribution in [2.24, 2.45) is 0 Å². The number of hydrogen-bond donors (Lipinski definition) is 2. The van der Waals surface area contributed by atoms with E-state index < -0.39 is 0 Å². The van der Waals surface area contributed by atoms with Crippen molar-refractivity contribution in [3.8, 4) is 11.3 Å². The van der Waals surface area contributed by atoms with E-state index in [0.717, 1.165) is 28.3 Å². The maximum absolute atomic E-state index is 11.2. The number of carbonyl (C=O) groups excluding carboxylic acids is 1. The van der Waals surface area contributed by atoms with Crippen LogP contribution in [0.5, 0.6) is 0 Å². The molecule has 0 bridgehead atoms. The highest BCUT2D eigenvalue weighted by Gasteiger charge is 2.14. The summed E-state index contributed by atoms with van der Waals surface area (Å²) < 4.78 is 5.88. The molecule has 1 aromatic heterocycles. The van der Waals surface area contributed by atoms with E-state index in [1.54, 1.807) is 6.20 Å². The second-order valence-electron chi connectivity index (χ2n) is 6.01. The van der Waals surface area contributed by atoms with Gasteiger partial charge in [-0.05, 0) is 37.6 Å². The van der Waals surface area contributed by atoms with Crippen LogP contribution >= 0.6 is 0 Å². The monoisotopic (exact) mass is 335 g/mol. The summed E-state index contributed by atoms with van der Waals surface area (Å²) >= 11 is 0. The van der Waals surface area contributed by atoms with Gasteiger partial charge in [-0.1, -0.05) is 30.3 Å². The van der Waals surface area contributed by atoms with Crippen LogP contribution in [-0.2, 0) is 4.79 Å². The van der Waals surface area contributed by atoms with E-state index in [1.165, 1.54) is 6.92 Å². The Morgan fingerprint density at radius 3 is 2.60 bits per heavy atom. The molecule has 2 aromatic carbocycles. The largest absolute Gasteiger partial charge is 0.438 e. The summed E-state index contributed by atoms with van der Waals surface area (Å²) in [6.07, 6.45) is 1.74. The zero-order valence-corrected chi connectivity index (χ0v) is 14.5. The average Bonchev–Trinajstić information content (AvgIpc) is 3.08. The molecule has 1 atom stereocenters. The van der Waals surface area contributed by atoms with Gasteiger partial charge in [0.1, 0.15) is 6.04 Å². The van der Waals surface area contributed by atoms with Crippen molar-refractivity contribution in [1.29, 1.82) is 0 Å². The Bertz CT molecular complexity index is 872. The molecular weight excluding hydrogens is 314 g/mol. The van der Waals surface area contributed by atoms with Crippen molar-refractivity contribution in [3.05, 3.63) is 66.2 Å². The van der Waals surface area contributed by atoms with E-state index >= 15 is 0 Å². The Hall–Kier alpha value is -3.08. The van der Waals surface area contributed by atoms with Gasteiger partial charge in [0.15, 0.2) is 5.76 Å². The molecule has 1 heterocycles. The Morgan fingerprint density at radius 1 is 1.16 bits per heavy atom. The van der Waals surface area contributed by atoms with Gasteiger partial charge >= 0.3 is 0 Å². The number of carbonyl (C=O) groups is 1. The molecule has 0 saturated carbocycles. The third-order valence-corrected chi connectivity index (χ3v) is 3.87. The second-order valence-corrected chi connectivity index (χ2v) is 6.01. The summed E-state index contributed by atoms with van der Waals surface area (Å²) in [6, 6.07) is 15.6. The van der Waals surface area contributed by atoms with E-state index in [2.05, 4.69) is 15.6 Å². The molecule has 0 aliphatic heterocycles. The molecule has 5 heteroatoms. The zero-order chi connectivity index (χ0) is 17.8. The van der Waals surface area contributed by atoms with Gasteiger partial charge in [-0.25, -0.2) is 4.98 Å². The minimum Gasteiger partial charge on any atom is -0.438 e. The first-order valence-corrected chi connectivity index (χ1v) is 8.19. The van der Waals surface area contributed by atoms with E-state index in [9.17, 15) is 4.79 Å². The summed E-state index contributed by atoms with van der Waals surface area (Å²) in [5.74, 6) is 1.30. The molecule has 0 aliphatic rings. The van der Waals surface area contributed by atoms with E-state index in [0.29, 0.717) is 5.89 Å². The summed E-state index contributed by atoms with van der Waals surface area (Å²) in [4.78, 5) is 15.6. The fourth-order valence-corrected chi connectivity index (χ4v) is 2.62. The third-order valence-electron chi connectivity index (χ3n) is 3.87. The van der Waals surface area contributed by atoms with Crippen LogP contribution in [0, 0.1) is 6.92 Å². The van der Waals surface area contributed by atoms with Crippen molar-refractivity contribution < 1.29 is 9.21 Å². The zero-order valence-electron chi connectivity index (χ0n) is 14.5. The minimum atomic E-state index is -0.0801. The van der Waals surface area contributed by atoms with E-state index in [-0.39, 0.29) is 11.9 Å². The molecule has 128 valence electrons. The Labute approximate surface area is 147 Å². The number of nitrogens with one attached hydrogen (secondary N) is 2. The number of aryl methyl sites for hydroxylation is 1. The van der Waals surface area contributed by atoms with Crippen molar-refractivity contribution in [2.45, 2.75) is 26.8 Å². The predicted octanol–water partition coefficient (Wildman–Crippen LogP) is 4.78. The van der Waals surface area contributed by atoms with Crippen molar-refractivity contribution in [3.63, 3.8) is 0 Å². The average molecular weight is 335 g/mol. The molecule has 0 radical (unpaired) electrons. The van der Waals surface area contributed by atoms with Gasteiger partial charge < -0.3 is 15.1 Å². The number of anilines is 2. The van der Waals surface area contributed by atoms with Crippen LogP contribution in [0.4, 0.5) is 11.4 Å². The molecule has 0 saturated heterocycles. The maximum atomic E-state index is 11.2. The summed E-state index contributed by atoms with van der Waals surface area (Å²) in [6.45, 7) is 5.46. The lowest BCUT2D eigenvalue weighted by atomic mass is 10.1. The number of rotatable bonds is 5. The van der Waals surface area contributed by atoms with Crippen LogP contribution in [0.3, 0.4) is 0 Å². The SMILES string of the molecule is CC(=O)Nc1ccc(NC(C)c2ncc(-c3ccccc3)o2)cc1C. The first-order chi connectivity index (χ1) is 12.0. The maximum Gasteiger partial charge on any atom is 0.221 e. The molecule has 2 N–H and O–H groups in total. The molecule has 3 rings (SSSR count). The lowest BCUT2D eigenvalue weighted by Gasteiger charge is -2.14. The Kier molecular flexibility index (Phi) is 4.84. The number of nitrogens with zero attached hydrogens (tertiary/aromatic N) is 1. The highest BCUT2D eigenvalue weighted by atomic mass is 16.4. The van der Waals surface area contributed by atoms with Crippen LogP contribution < -0.4 is 10.6 Å². The number of oxazole rings is 1. The fraction of sp³-hybridized carbons (Fsp3) is 0.200. The normalized spacial score (nSPS) is 11.8. The van der Waals surface area contributed by atoms with Crippen LogP contribution in [0.25, 0.3) is 11.3 Å². The number of benzene rings is 2. The summed E-state index contributed by atoms with van der Waals surface area (Å²) in [5, 5.41) is 6.18. The predicted molar refractivity (Wildman–Crippen MR) is 99.5 cm³/mol. The lowest BCUT2D eigenvalue weighted by Crippen LogP contribution is -2.09. The first kappa shape index (κ1) is 16.8. The van der Waals surface area contributed by atoms with Crippen molar-refractivity contribution >= 4 is 17.3 Å². The standard InChI is InChI=1S/C20H21N3O2/c1-13-11-17(9-10-18(13)23-15(3)24)22-14(2)20-21-12-19(25-20)16-7-5-4-6-8-16/h4-12,14,22H,1-3H3,(H,23,24). The van der Waals surface area contributed by atoms with Gasteiger partial charge in [-0.3, -0.25) is 4.79 Å².